The molecule has 30 heavy (non-hydrogen) atoms. The summed E-state index contributed by atoms with van der Waals surface area (Å²) >= 11 is 0. The van der Waals surface area contributed by atoms with Gasteiger partial charge in [-0.1, -0.05) is 66.7 Å². The molecule has 0 N–H and O–H groups in total. The van der Waals surface area contributed by atoms with Gasteiger partial charge in [0.2, 0.25) is 0 Å². The van der Waals surface area contributed by atoms with Gasteiger partial charge in [0.25, 0.3) is 0 Å². The van der Waals surface area contributed by atoms with Crippen LogP contribution in [-0.4, -0.2) is 17.7 Å². The number of hydrogen-bond acceptors (Lipinski definition) is 5. The second kappa shape index (κ2) is 10.0. The van der Waals surface area contributed by atoms with Gasteiger partial charge in [-0.25, -0.2) is 0 Å². The molecule has 0 bridgehead atoms. The number of ketones is 1. The fraction of sp³-hybridized carbons (Fsp3) is 0.320. The van der Waals surface area contributed by atoms with E-state index in [2.05, 4.69) is 6.58 Å². The molecule has 1 saturated carbocycles. The van der Waals surface area contributed by atoms with Crippen LogP contribution in [0.5, 0.6) is 0 Å². The van der Waals surface area contributed by atoms with E-state index in [1.165, 1.54) is 6.08 Å². The Morgan fingerprint density at radius 3 is 1.83 bits per heavy atom. The third kappa shape index (κ3) is 4.85. The van der Waals surface area contributed by atoms with Crippen molar-refractivity contribution in [1.29, 1.82) is 0 Å². The van der Waals surface area contributed by atoms with Gasteiger partial charge in [-0.15, -0.1) is 6.58 Å². The summed E-state index contributed by atoms with van der Waals surface area (Å²) in [6.45, 7) is 3.83. The highest BCUT2D eigenvalue weighted by atomic mass is 16.6. The van der Waals surface area contributed by atoms with Crippen LogP contribution < -0.4 is 0 Å². The molecular weight excluding hydrogens is 380 g/mol. The Hall–Kier alpha value is -3.21. The summed E-state index contributed by atoms with van der Waals surface area (Å²) in [7, 11) is 0. The maximum absolute atomic E-state index is 13.3. The quantitative estimate of drug-likeness (QED) is 0.351. The number of carbonyl (C=O) groups excluding carboxylic acids is 3. The maximum Gasteiger partial charge on any atom is 0.324 e. The van der Waals surface area contributed by atoms with Crippen LogP contribution in [0.2, 0.25) is 0 Å². The molecule has 0 unspecified atom stereocenters. The van der Waals surface area contributed by atoms with Crippen molar-refractivity contribution in [1.82, 2.24) is 0 Å². The summed E-state index contributed by atoms with van der Waals surface area (Å²) in [4.78, 5) is 38.6. The molecule has 2 aromatic carbocycles. The fourth-order valence-corrected chi connectivity index (χ4v) is 3.92. The van der Waals surface area contributed by atoms with E-state index in [4.69, 9.17) is 9.47 Å². The van der Waals surface area contributed by atoms with Crippen molar-refractivity contribution in [3.8, 4) is 0 Å². The lowest BCUT2D eigenvalue weighted by molar-refractivity contribution is -0.179. The van der Waals surface area contributed by atoms with Gasteiger partial charge in [-0.05, 0) is 29.9 Å². The minimum absolute atomic E-state index is 0.0418. The predicted octanol–water partition coefficient (Wildman–Crippen LogP) is 4.40. The van der Waals surface area contributed by atoms with Gasteiger partial charge in [-0.3, -0.25) is 14.4 Å². The lowest BCUT2D eigenvalue weighted by Crippen LogP contribution is -2.47. The van der Waals surface area contributed by atoms with E-state index in [0.717, 1.165) is 11.1 Å². The number of ether oxygens (including phenoxy) is 2. The Morgan fingerprint density at radius 1 is 0.933 bits per heavy atom. The van der Waals surface area contributed by atoms with Crippen LogP contribution in [-0.2, 0) is 37.1 Å². The number of benzene rings is 2. The third-order valence-electron chi connectivity index (χ3n) is 5.56. The van der Waals surface area contributed by atoms with Gasteiger partial charge in [0.1, 0.15) is 19.0 Å². The van der Waals surface area contributed by atoms with Gasteiger partial charge in [0, 0.05) is 12.8 Å². The fourth-order valence-electron chi connectivity index (χ4n) is 3.92. The normalized spacial score (nSPS) is 16.1. The molecule has 156 valence electrons. The molecule has 5 heteroatoms. The summed E-state index contributed by atoms with van der Waals surface area (Å²) < 4.78 is 11.1. The topological polar surface area (TPSA) is 69.7 Å². The summed E-state index contributed by atoms with van der Waals surface area (Å²) in [5.41, 5.74) is 0.0642. The number of Topliss-reactive ketones (excluding diaryl/α,β-unsaturated/α-hetero) is 1. The molecule has 0 spiro atoms. The summed E-state index contributed by atoms with van der Waals surface area (Å²) in [5, 5.41) is 0. The van der Waals surface area contributed by atoms with Crippen molar-refractivity contribution in [3.05, 3.63) is 84.4 Å². The standard InChI is InChI=1S/C25H26O5/c1-2-15-25(21-13-14-22(26)16-21,23(27)29-17-19-9-5-3-6-10-19)24(28)30-18-20-11-7-4-8-12-20/h2-12,21H,1,13-18H2/t21-/m0/s1. The molecule has 1 fully saturated rings. The van der Waals surface area contributed by atoms with Crippen molar-refractivity contribution in [2.24, 2.45) is 11.3 Å². The van der Waals surface area contributed by atoms with Crippen LogP contribution >= 0.6 is 0 Å². The van der Waals surface area contributed by atoms with Crippen molar-refractivity contribution in [3.63, 3.8) is 0 Å². The van der Waals surface area contributed by atoms with Gasteiger partial charge in [0.05, 0.1) is 0 Å². The average molecular weight is 406 g/mol. The maximum atomic E-state index is 13.3. The number of esters is 2. The van der Waals surface area contributed by atoms with Gasteiger partial charge in [-0.2, -0.15) is 0 Å². The Morgan fingerprint density at radius 2 is 1.43 bits per heavy atom. The minimum Gasteiger partial charge on any atom is -0.460 e. The molecule has 0 aliphatic heterocycles. The highest BCUT2D eigenvalue weighted by Gasteiger charge is 2.55. The molecule has 1 atom stereocenters. The molecule has 0 radical (unpaired) electrons. The van der Waals surface area contributed by atoms with E-state index < -0.39 is 23.3 Å². The lowest BCUT2D eigenvalue weighted by atomic mass is 9.71. The average Bonchev–Trinajstić information content (AvgIpc) is 3.22. The van der Waals surface area contributed by atoms with Crippen LogP contribution in [0.4, 0.5) is 0 Å². The highest BCUT2D eigenvalue weighted by Crippen LogP contribution is 2.44. The van der Waals surface area contributed by atoms with Crippen molar-refractivity contribution in [2.75, 3.05) is 0 Å². The SMILES string of the molecule is C=CCC(C(=O)OCc1ccccc1)(C(=O)OCc1ccccc1)[C@H]1CCC(=O)C1. The summed E-state index contributed by atoms with van der Waals surface area (Å²) in [6, 6.07) is 18.5. The Bertz CT molecular complexity index is 833. The number of hydrogen-bond donors (Lipinski definition) is 0. The second-order valence-corrected chi connectivity index (χ2v) is 7.57. The van der Waals surface area contributed by atoms with Crippen LogP contribution in [0, 0.1) is 11.3 Å². The highest BCUT2D eigenvalue weighted by molar-refractivity contribution is 6.01. The van der Waals surface area contributed by atoms with Crippen LogP contribution in [0.3, 0.4) is 0 Å². The number of carbonyl (C=O) groups is 3. The van der Waals surface area contributed by atoms with E-state index in [1.54, 1.807) is 0 Å². The van der Waals surface area contributed by atoms with Crippen LogP contribution in [0.25, 0.3) is 0 Å². The van der Waals surface area contributed by atoms with Gasteiger partial charge < -0.3 is 9.47 Å². The van der Waals surface area contributed by atoms with E-state index >= 15 is 0 Å². The molecule has 0 amide bonds. The van der Waals surface area contributed by atoms with Crippen LogP contribution in [0.1, 0.15) is 36.8 Å². The largest absolute Gasteiger partial charge is 0.460 e. The molecule has 2 aromatic rings. The second-order valence-electron chi connectivity index (χ2n) is 7.57. The molecule has 5 nitrogen and oxygen atoms in total. The third-order valence-corrected chi connectivity index (χ3v) is 5.56. The number of allylic oxidation sites excluding steroid dienone is 1. The van der Waals surface area contributed by atoms with Crippen LogP contribution in [0.15, 0.2) is 73.3 Å². The van der Waals surface area contributed by atoms with Crippen molar-refractivity contribution >= 4 is 17.7 Å². The zero-order chi connectivity index (χ0) is 21.4. The van der Waals surface area contributed by atoms with Gasteiger partial charge >= 0.3 is 11.9 Å². The Kier molecular flexibility index (Phi) is 7.17. The first-order chi connectivity index (χ1) is 14.6. The molecule has 0 saturated heterocycles. The van der Waals surface area contributed by atoms with E-state index in [-0.39, 0.29) is 31.8 Å². The van der Waals surface area contributed by atoms with Gasteiger partial charge in [0.15, 0.2) is 5.41 Å². The zero-order valence-electron chi connectivity index (χ0n) is 16.9. The molecule has 3 rings (SSSR count). The van der Waals surface area contributed by atoms with Crippen molar-refractivity contribution in [2.45, 2.75) is 38.9 Å². The summed E-state index contributed by atoms with van der Waals surface area (Å²) in [5.74, 6) is -1.75. The first-order valence-corrected chi connectivity index (χ1v) is 10.1. The van der Waals surface area contributed by atoms with Crippen molar-refractivity contribution < 1.29 is 23.9 Å². The number of rotatable bonds is 9. The van der Waals surface area contributed by atoms with E-state index in [1.807, 2.05) is 60.7 Å². The smallest absolute Gasteiger partial charge is 0.324 e. The minimum atomic E-state index is -1.57. The predicted molar refractivity (Wildman–Crippen MR) is 112 cm³/mol. The zero-order valence-corrected chi connectivity index (χ0v) is 16.9. The first-order valence-electron chi connectivity index (χ1n) is 10.1. The van der Waals surface area contributed by atoms with E-state index in [0.29, 0.717) is 12.8 Å². The first kappa shape index (κ1) is 21.5. The lowest BCUT2D eigenvalue weighted by Gasteiger charge is -2.33. The Balaban J connectivity index is 1.83. The monoisotopic (exact) mass is 406 g/mol. The van der Waals surface area contributed by atoms with E-state index in [9.17, 15) is 14.4 Å². The summed E-state index contributed by atoms with van der Waals surface area (Å²) in [6.07, 6.45) is 2.55. The molecule has 0 heterocycles. The molecule has 1 aliphatic rings. The molecule has 0 aromatic heterocycles. The molecular formula is C25H26O5. The molecule has 1 aliphatic carbocycles. The Labute approximate surface area is 176 Å².